The molecular formula is C8H12ClFN2. The number of halogens is 2. The summed E-state index contributed by atoms with van der Waals surface area (Å²) >= 11 is 5.82. The summed E-state index contributed by atoms with van der Waals surface area (Å²) in [7, 11) is 0. The second kappa shape index (κ2) is 4.45. The Morgan fingerprint density at radius 2 is 2.50 bits per heavy atom. The first kappa shape index (κ1) is 9.52. The van der Waals surface area contributed by atoms with Gasteiger partial charge < -0.3 is 0 Å². The SMILES string of the molecule is CC(Cl)c1cnn(CCCF)c1. The fourth-order valence-electron chi connectivity index (χ4n) is 0.929. The van der Waals surface area contributed by atoms with Crippen LogP contribution in [0.3, 0.4) is 0 Å². The van der Waals surface area contributed by atoms with Crippen molar-refractivity contribution in [3.05, 3.63) is 18.0 Å². The lowest BCUT2D eigenvalue weighted by molar-refractivity contribution is 0.434. The highest BCUT2D eigenvalue weighted by atomic mass is 35.5. The van der Waals surface area contributed by atoms with Crippen molar-refractivity contribution in [1.82, 2.24) is 9.78 Å². The molecule has 12 heavy (non-hydrogen) atoms. The summed E-state index contributed by atoms with van der Waals surface area (Å²) in [5, 5.41) is 4.02. The van der Waals surface area contributed by atoms with Gasteiger partial charge in [-0.2, -0.15) is 5.10 Å². The molecule has 4 heteroatoms. The van der Waals surface area contributed by atoms with Gasteiger partial charge in [-0.05, 0) is 13.3 Å². The molecule has 0 amide bonds. The summed E-state index contributed by atoms with van der Waals surface area (Å²) in [5.74, 6) is 0. The van der Waals surface area contributed by atoms with E-state index in [1.807, 2.05) is 13.1 Å². The summed E-state index contributed by atoms with van der Waals surface area (Å²) in [6.07, 6.45) is 4.08. The van der Waals surface area contributed by atoms with Gasteiger partial charge in [0.15, 0.2) is 0 Å². The lowest BCUT2D eigenvalue weighted by atomic mass is 10.3. The Labute approximate surface area is 76.3 Å². The van der Waals surface area contributed by atoms with Gasteiger partial charge >= 0.3 is 0 Å². The Hall–Kier alpha value is -0.570. The molecule has 0 aromatic carbocycles. The van der Waals surface area contributed by atoms with Crippen molar-refractivity contribution in [2.24, 2.45) is 0 Å². The molecule has 2 nitrogen and oxygen atoms in total. The van der Waals surface area contributed by atoms with E-state index in [0.717, 1.165) is 5.56 Å². The Balaban J connectivity index is 2.52. The maximum absolute atomic E-state index is 11.8. The summed E-state index contributed by atoms with van der Waals surface area (Å²) in [4.78, 5) is 0. The standard InChI is InChI=1S/C8H12ClFN2/c1-7(9)8-5-11-12(6-8)4-2-3-10/h5-7H,2-4H2,1H3. The van der Waals surface area contributed by atoms with Gasteiger partial charge in [0.1, 0.15) is 0 Å². The van der Waals surface area contributed by atoms with E-state index in [1.165, 1.54) is 0 Å². The van der Waals surface area contributed by atoms with Crippen molar-refractivity contribution < 1.29 is 4.39 Å². The van der Waals surface area contributed by atoms with Crippen LogP contribution in [0.4, 0.5) is 4.39 Å². The highest BCUT2D eigenvalue weighted by Crippen LogP contribution is 2.17. The third-order valence-electron chi connectivity index (χ3n) is 1.63. The van der Waals surface area contributed by atoms with Crippen molar-refractivity contribution in [3.8, 4) is 0 Å². The third-order valence-corrected chi connectivity index (χ3v) is 1.89. The fourth-order valence-corrected chi connectivity index (χ4v) is 1.04. The molecule has 1 rings (SSSR count). The van der Waals surface area contributed by atoms with Crippen LogP contribution in [0, 0.1) is 0 Å². The zero-order valence-corrected chi connectivity index (χ0v) is 7.76. The first-order valence-corrected chi connectivity index (χ1v) is 4.40. The van der Waals surface area contributed by atoms with Crippen LogP contribution in [-0.4, -0.2) is 16.5 Å². The van der Waals surface area contributed by atoms with Crippen molar-refractivity contribution in [2.45, 2.75) is 25.3 Å². The fraction of sp³-hybridized carbons (Fsp3) is 0.625. The molecule has 1 aromatic rings. The lowest BCUT2D eigenvalue weighted by Gasteiger charge is -1.97. The smallest absolute Gasteiger partial charge is 0.0912 e. The van der Waals surface area contributed by atoms with E-state index < -0.39 is 0 Å². The normalized spacial score (nSPS) is 13.2. The number of alkyl halides is 2. The maximum Gasteiger partial charge on any atom is 0.0912 e. The Bertz CT molecular complexity index is 235. The van der Waals surface area contributed by atoms with E-state index >= 15 is 0 Å². The van der Waals surface area contributed by atoms with Crippen LogP contribution in [0.5, 0.6) is 0 Å². The first-order valence-electron chi connectivity index (χ1n) is 3.96. The van der Waals surface area contributed by atoms with Crippen LogP contribution in [-0.2, 0) is 6.54 Å². The molecule has 0 spiro atoms. The van der Waals surface area contributed by atoms with Gasteiger partial charge in [-0.25, -0.2) is 0 Å². The molecule has 0 radical (unpaired) electrons. The van der Waals surface area contributed by atoms with Crippen LogP contribution >= 0.6 is 11.6 Å². The first-order chi connectivity index (χ1) is 5.74. The predicted octanol–water partition coefficient (Wildman–Crippen LogP) is 2.54. The van der Waals surface area contributed by atoms with Crippen LogP contribution in [0.1, 0.15) is 24.3 Å². The summed E-state index contributed by atoms with van der Waals surface area (Å²) in [6, 6.07) is 0. The molecule has 0 saturated heterocycles. The van der Waals surface area contributed by atoms with Crippen molar-refractivity contribution in [2.75, 3.05) is 6.67 Å². The number of hydrogen-bond acceptors (Lipinski definition) is 1. The third kappa shape index (κ3) is 2.48. The average molecular weight is 191 g/mol. The summed E-state index contributed by atoms with van der Waals surface area (Å²) in [5.41, 5.74) is 0.982. The van der Waals surface area contributed by atoms with Gasteiger partial charge in [0.2, 0.25) is 0 Å². The minimum atomic E-state index is -0.300. The number of hydrogen-bond donors (Lipinski definition) is 0. The van der Waals surface area contributed by atoms with Crippen molar-refractivity contribution in [3.63, 3.8) is 0 Å². The van der Waals surface area contributed by atoms with Crippen LogP contribution in [0.25, 0.3) is 0 Å². The van der Waals surface area contributed by atoms with Crippen LogP contribution < -0.4 is 0 Å². The highest BCUT2D eigenvalue weighted by Gasteiger charge is 2.03. The van der Waals surface area contributed by atoms with Gasteiger partial charge in [0.05, 0.1) is 18.2 Å². The molecule has 0 aliphatic rings. The van der Waals surface area contributed by atoms with E-state index in [0.29, 0.717) is 13.0 Å². The maximum atomic E-state index is 11.8. The molecule has 1 heterocycles. The number of aromatic nitrogens is 2. The van der Waals surface area contributed by atoms with E-state index in [-0.39, 0.29) is 12.1 Å². The topological polar surface area (TPSA) is 17.8 Å². The minimum Gasteiger partial charge on any atom is -0.272 e. The number of nitrogens with zero attached hydrogens (tertiary/aromatic N) is 2. The van der Waals surface area contributed by atoms with Crippen molar-refractivity contribution >= 4 is 11.6 Å². The zero-order chi connectivity index (χ0) is 8.97. The lowest BCUT2D eigenvalue weighted by Crippen LogP contribution is -1.98. The molecule has 68 valence electrons. The van der Waals surface area contributed by atoms with Gasteiger partial charge in [-0.1, -0.05) is 0 Å². The Morgan fingerprint density at radius 1 is 1.75 bits per heavy atom. The molecule has 0 aliphatic carbocycles. The van der Waals surface area contributed by atoms with E-state index in [9.17, 15) is 4.39 Å². The van der Waals surface area contributed by atoms with Crippen LogP contribution in [0.2, 0.25) is 0 Å². The summed E-state index contributed by atoms with van der Waals surface area (Å²) < 4.78 is 13.5. The van der Waals surface area contributed by atoms with Gasteiger partial charge in [0.25, 0.3) is 0 Å². The molecule has 1 aromatic heterocycles. The Kier molecular flexibility index (Phi) is 3.53. The second-order valence-corrected chi connectivity index (χ2v) is 3.35. The van der Waals surface area contributed by atoms with Crippen molar-refractivity contribution in [1.29, 1.82) is 0 Å². The minimum absolute atomic E-state index is 0.0240. The van der Waals surface area contributed by atoms with E-state index in [2.05, 4.69) is 5.10 Å². The summed E-state index contributed by atoms with van der Waals surface area (Å²) in [6.45, 7) is 2.21. The number of aryl methyl sites for hydroxylation is 1. The van der Waals surface area contributed by atoms with Crippen LogP contribution in [0.15, 0.2) is 12.4 Å². The highest BCUT2D eigenvalue weighted by molar-refractivity contribution is 6.20. The quantitative estimate of drug-likeness (QED) is 0.668. The van der Waals surface area contributed by atoms with Gasteiger partial charge in [-0.15, -0.1) is 11.6 Å². The molecule has 0 fully saturated rings. The second-order valence-electron chi connectivity index (χ2n) is 2.70. The largest absolute Gasteiger partial charge is 0.272 e. The number of rotatable bonds is 4. The monoisotopic (exact) mass is 190 g/mol. The molecular weight excluding hydrogens is 179 g/mol. The van der Waals surface area contributed by atoms with Gasteiger partial charge in [0, 0.05) is 18.3 Å². The molecule has 0 aliphatic heterocycles. The molecule has 0 N–H and O–H groups in total. The zero-order valence-electron chi connectivity index (χ0n) is 7.00. The predicted molar refractivity (Wildman–Crippen MR) is 47.1 cm³/mol. The average Bonchev–Trinajstić information content (AvgIpc) is 2.48. The molecule has 1 atom stereocenters. The molecule has 0 saturated carbocycles. The van der Waals surface area contributed by atoms with E-state index in [1.54, 1.807) is 10.9 Å². The van der Waals surface area contributed by atoms with E-state index in [4.69, 9.17) is 11.6 Å². The molecule has 1 unspecified atom stereocenters. The molecule has 0 bridgehead atoms. The Morgan fingerprint density at radius 3 is 3.00 bits per heavy atom. The van der Waals surface area contributed by atoms with Gasteiger partial charge in [-0.3, -0.25) is 9.07 Å².